The van der Waals surface area contributed by atoms with Crippen molar-refractivity contribution in [2.75, 3.05) is 0 Å². The normalized spacial score (nSPS) is 8.77. The third kappa shape index (κ3) is 2.85. The van der Waals surface area contributed by atoms with Crippen LogP contribution in [0.4, 0.5) is 4.39 Å². The van der Waals surface area contributed by atoms with Gasteiger partial charge >= 0.3 is 0 Å². The molecular weight excluding hydrogens is 193 g/mol. The summed E-state index contributed by atoms with van der Waals surface area (Å²) in [5, 5.41) is 0.316. The summed E-state index contributed by atoms with van der Waals surface area (Å²) in [6.07, 6.45) is 1.91. The lowest BCUT2D eigenvalue weighted by Crippen LogP contribution is -1.87. The third-order valence-electron chi connectivity index (χ3n) is 1.21. The van der Waals surface area contributed by atoms with Gasteiger partial charge in [-0.15, -0.1) is 0 Å². The van der Waals surface area contributed by atoms with Gasteiger partial charge in [0.2, 0.25) is 5.95 Å². The van der Waals surface area contributed by atoms with Crippen molar-refractivity contribution in [2.24, 2.45) is 0 Å². The Balaban J connectivity index is 2.95. The maximum Gasteiger partial charge on any atom is 0.228 e. The van der Waals surface area contributed by atoms with Gasteiger partial charge in [-0.2, -0.15) is 4.39 Å². The molecule has 0 bridgehead atoms. The molecule has 0 N–H and O–H groups in total. The summed E-state index contributed by atoms with van der Waals surface area (Å²) in [4.78, 5) is 13.3. The zero-order valence-corrected chi connectivity index (χ0v) is 7.31. The second-order valence-corrected chi connectivity index (χ2v) is 2.60. The van der Waals surface area contributed by atoms with E-state index >= 15 is 0 Å². The summed E-state index contributed by atoms with van der Waals surface area (Å²) >= 11 is 5.56. The van der Waals surface area contributed by atoms with Crippen molar-refractivity contribution in [3.05, 3.63) is 28.8 Å². The van der Waals surface area contributed by atoms with Gasteiger partial charge in [0.15, 0.2) is 0 Å². The second kappa shape index (κ2) is 4.58. The van der Waals surface area contributed by atoms with Gasteiger partial charge < -0.3 is 4.79 Å². The van der Waals surface area contributed by atoms with Crippen LogP contribution < -0.4 is 0 Å². The molecule has 0 aliphatic carbocycles. The average Bonchev–Trinajstić information content (AvgIpc) is 2.11. The predicted molar refractivity (Wildman–Crippen MR) is 46.8 cm³/mol. The highest BCUT2D eigenvalue weighted by molar-refractivity contribution is 6.30. The summed E-state index contributed by atoms with van der Waals surface area (Å²) in [6.45, 7) is 0. The zero-order valence-electron chi connectivity index (χ0n) is 6.55. The van der Waals surface area contributed by atoms with E-state index < -0.39 is 5.95 Å². The van der Waals surface area contributed by atoms with Crippen molar-refractivity contribution in [3.8, 4) is 11.8 Å². The Morgan fingerprint density at radius 1 is 1.69 bits per heavy atom. The molecule has 0 aliphatic heterocycles. The number of carbonyl (C=O) groups excluding carboxylic acids is 1. The maximum absolute atomic E-state index is 12.8. The Hall–Kier alpha value is -1.40. The monoisotopic (exact) mass is 197 g/mol. The Morgan fingerprint density at radius 2 is 2.46 bits per heavy atom. The number of hydrogen-bond acceptors (Lipinski definition) is 2. The van der Waals surface area contributed by atoms with Crippen molar-refractivity contribution in [1.29, 1.82) is 0 Å². The van der Waals surface area contributed by atoms with E-state index in [9.17, 15) is 9.18 Å². The number of pyridine rings is 1. The van der Waals surface area contributed by atoms with Crippen molar-refractivity contribution < 1.29 is 9.18 Å². The minimum atomic E-state index is -0.678. The minimum absolute atomic E-state index is 0.0754. The smallest absolute Gasteiger partial charge is 0.228 e. The molecule has 1 aromatic rings. The molecule has 0 spiro atoms. The Bertz CT molecular complexity index is 381. The predicted octanol–water partition coefficient (Wildman–Crippen LogP) is 1.81. The molecule has 0 saturated carbocycles. The Kier molecular flexibility index (Phi) is 3.41. The number of aldehydes is 1. The van der Waals surface area contributed by atoms with Crippen LogP contribution in [0.25, 0.3) is 0 Å². The van der Waals surface area contributed by atoms with Crippen LogP contribution in [0, 0.1) is 17.8 Å². The highest BCUT2D eigenvalue weighted by Gasteiger charge is 1.99. The first-order valence-corrected chi connectivity index (χ1v) is 3.85. The molecule has 4 heteroatoms. The lowest BCUT2D eigenvalue weighted by atomic mass is 10.3. The molecule has 1 rings (SSSR count). The average molecular weight is 198 g/mol. The first-order chi connectivity index (χ1) is 6.24. The number of carbonyl (C=O) groups is 1. The minimum Gasteiger partial charge on any atom is -0.302 e. The second-order valence-electron chi connectivity index (χ2n) is 2.16. The first kappa shape index (κ1) is 9.69. The summed E-state index contributed by atoms with van der Waals surface area (Å²) in [6, 6.07) is 1.36. The van der Waals surface area contributed by atoms with Crippen LogP contribution in [0.2, 0.25) is 5.02 Å². The summed E-state index contributed by atoms with van der Waals surface area (Å²) in [5.74, 6) is 4.24. The molecular formula is C9H5ClFNO. The molecule has 0 atom stereocenters. The van der Waals surface area contributed by atoms with Gasteiger partial charge in [-0.3, -0.25) is 0 Å². The van der Waals surface area contributed by atoms with Crippen LogP contribution >= 0.6 is 11.6 Å². The largest absolute Gasteiger partial charge is 0.302 e. The van der Waals surface area contributed by atoms with Crippen molar-refractivity contribution >= 4 is 17.9 Å². The van der Waals surface area contributed by atoms with E-state index in [1.54, 1.807) is 0 Å². The summed E-state index contributed by atoms with van der Waals surface area (Å²) in [7, 11) is 0. The molecule has 0 unspecified atom stereocenters. The van der Waals surface area contributed by atoms with E-state index in [2.05, 4.69) is 16.8 Å². The molecule has 0 amide bonds. The van der Waals surface area contributed by atoms with Crippen molar-refractivity contribution in [3.63, 3.8) is 0 Å². The lowest BCUT2D eigenvalue weighted by molar-refractivity contribution is -0.107. The molecule has 0 fully saturated rings. The fourth-order valence-electron chi connectivity index (χ4n) is 0.698. The summed E-state index contributed by atoms with van der Waals surface area (Å²) in [5.41, 5.74) is 0.106. The lowest BCUT2D eigenvalue weighted by Gasteiger charge is -1.92. The number of rotatable bonds is 1. The van der Waals surface area contributed by atoms with E-state index in [1.165, 1.54) is 12.3 Å². The molecule has 0 saturated heterocycles. The van der Waals surface area contributed by atoms with E-state index in [4.69, 9.17) is 11.6 Å². The number of nitrogens with zero attached hydrogens (tertiary/aromatic N) is 1. The Labute approximate surface area is 79.7 Å². The van der Waals surface area contributed by atoms with Crippen molar-refractivity contribution in [1.82, 2.24) is 4.98 Å². The van der Waals surface area contributed by atoms with Gasteiger partial charge in [0.25, 0.3) is 0 Å². The number of hydrogen-bond donors (Lipinski definition) is 0. The van der Waals surface area contributed by atoms with Crippen LogP contribution in [0.1, 0.15) is 12.0 Å². The molecule has 66 valence electrons. The molecule has 0 radical (unpaired) electrons. The summed E-state index contributed by atoms with van der Waals surface area (Å²) < 4.78 is 12.8. The molecule has 13 heavy (non-hydrogen) atoms. The van der Waals surface area contributed by atoms with Gasteiger partial charge in [-0.05, 0) is 6.07 Å². The highest BCUT2D eigenvalue weighted by atomic mass is 35.5. The van der Waals surface area contributed by atoms with E-state index in [0.29, 0.717) is 11.3 Å². The van der Waals surface area contributed by atoms with Gasteiger partial charge in [0.05, 0.1) is 17.0 Å². The fraction of sp³-hybridized carbons (Fsp3) is 0.111. The SMILES string of the molecule is O=CCC#Cc1cc(Cl)cnc1F. The maximum atomic E-state index is 12.8. The van der Waals surface area contributed by atoms with Crippen LogP contribution in [0.3, 0.4) is 0 Å². The molecule has 1 aromatic heterocycles. The quantitative estimate of drug-likeness (QED) is 0.391. The van der Waals surface area contributed by atoms with Crippen LogP contribution in [0.5, 0.6) is 0 Å². The van der Waals surface area contributed by atoms with Crippen LogP contribution in [0.15, 0.2) is 12.3 Å². The molecule has 0 aliphatic rings. The number of aromatic nitrogens is 1. The molecule has 0 aromatic carbocycles. The molecule has 2 nitrogen and oxygen atoms in total. The van der Waals surface area contributed by atoms with Crippen molar-refractivity contribution in [2.45, 2.75) is 6.42 Å². The van der Waals surface area contributed by atoms with E-state index in [1.807, 2.05) is 0 Å². The van der Waals surface area contributed by atoms with E-state index in [-0.39, 0.29) is 12.0 Å². The third-order valence-corrected chi connectivity index (χ3v) is 1.42. The first-order valence-electron chi connectivity index (χ1n) is 3.47. The zero-order chi connectivity index (χ0) is 9.68. The van der Waals surface area contributed by atoms with Gasteiger partial charge in [0, 0.05) is 6.20 Å². The van der Waals surface area contributed by atoms with Gasteiger partial charge in [-0.25, -0.2) is 4.98 Å². The van der Waals surface area contributed by atoms with Gasteiger partial charge in [-0.1, -0.05) is 23.4 Å². The topological polar surface area (TPSA) is 30.0 Å². The van der Waals surface area contributed by atoms with E-state index in [0.717, 1.165) is 0 Å². The number of halogens is 2. The highest BCUT2D eigenvalue weighted by Crippen LogP contribution is 2.10. The van der Waals surface area contributed by atoms with Crippen LogP contribution in [-0.4, -0.2) is 11.3 Å². The standard InChI is InChI=1S/C9H5ClFNO/c10-8-5-7(3-1-2-4-13)9(11)12-6-8/h4-6H,2H2. The van der Waals surface area contributed by atoms with Gasteiger partial charge in [0.1, 0.15) is 6.29 Å². The molecule has 1 heterocycles. The van der Waals surface area contributed by atoms with Crippen LogP contribution in [-0.2, 0) is 4.79 Å². The Morgan fingerprint density at radius 3 is 3.15 bits per heavy atom. The fourth-order valence-corrected chi connectivity index (χ4v) is 0.856.